The van der Waals surface area contributed by atoms with Gasteiger partial charge < -0.3 is 10.0 Å². The molecular weight excluding hydrogens is 260 g/mol. The van der Waals surface area contributed by atoms with Gasteiger partial charge in [0.25, 0.3) is 5.69 Å². The van der Waals surface area contributed by atoms with Crippen molar-refractivity contribution in [2.24, 2.45) is 0 Å². The van der Waals surface area contributed by atoms with Gasteiger partial charge in [0.2, 0.25) is 0 Å². The number of carbonyl (C=O) groups excluding carboxylic acids is 1. The smallest absolute Gasteiger partial charge is 0.270 e. The normalized spacial score (nSPS) is 16.9. The molecule has 20 heavy (non-hydrogen) atoms. The van der Waals surface area contributed by atoms with Crippen LogP contribution in [0.15, 0.2) is 18.2 Å². The van der Waals surface area contributed by atoms with Crippen LogP contribution in [-0.4, -0.2) is 35.5 Å². The van der Waals surface area contributed by atoms with Crippen LogP contribution in [0.25, 0.3) is 0 Å². The number of benzene rings is 1. The zero-order valence-corrected chi connectivity index (χ0v) is 11.4. The lowest BCUT2D eigenvalue weighted by Gasteiger charge is -2.30. The Hall–Kier alpha value is -1.95. The van der Waals surface area contributed by atoms with Gasteiger partial charge in [-0.1, -0.05) is 12.8 Å². The number of nitro benzene ring substituents is 1. The Labute approximate surface area is 117 Å². The van der Waals surface area contributed by atoms with E-state index in [1.54, 1.807) is 18.0 Å². The first-order chi connectivity index (χ1) is 9.45. The van der Waals surface area contributed by atoms with Gasteiger partial charge in [-0.3, -0.25) is 14.9 Å². The SMILES string of the molecule is CN(CC1(O)CCCC1)c1ccc([N+](=O)[O-])cc1C=O. The third-order valence-electron chi connectivity index (χ3n) is 3.83. The molecule has 0 spiro atoms. The maximum absolute atomic E-state index is 11.1. The van der Waals surface area contributed by atoms with E-state index in [1.807, 2.05) is 0 Å². The van der Waals surface area contributed by atoms with Crippen molar-refractivity contribution in [1.29, 1.82) is 0 Å². The Morgan fingerprint density at radius 2 is 2.10 bits per heavy atom. The summed E-state index contributed by atoms with van der Waals surface area (Å²) in [5, 5.41) is 21.1. The van der Waals surface area contributed by atoms with Crippen LogP contribution in [-0.2, 0) is 0 Å². The third kappa shape index (κ3) is 2.96. The number of non-ortho nitro benzene ring substituents is 1. The predicted molar refractivity (Wildman–Crippen MR) is 75.2 cm³/mol. The fraction of sp³-hybridized carbons (Fsp3) is 0.500. The third-order valence-corrected chi connectivity index (χ3v) is 3.83. The Balaban J connectivity index is 2.22. The summed E-state index contributed by atoms with van der Waals surface area (Å²) in [4.78, 5) is 23.1. The summed E-state index contributed by atoms with van der Waals surface area (Å²) in [5.74, 6) is 0. The van der Waals surface area contributed by atoms with Crippen LogP contribution >= 0.6 is 0 Å². The van der Waals surface area contributed by atoms with E-state index in [2.05, 4.69) is 0 Å². The van der Waals surface area contributed by atoms with E-state index in [-0.39, 0.29) is 11.3 Å². The lowest BCUT2D eigenvalue weighted by atomic mass is 10.0. The average molecular weight is 278 g/mol. The molecule has 0 amide bonds. The van der Waals surface area contributed by atoms with Crippen molar-refractivity contribution in [3.8, 4) is 0 Å². The molecule has 1 aliphatic rings. The Bertz CT molecular complexity index is 524. The molecule has 0 bridgehead atoms. The fourth-order valence-electron chi connectivity index (χ4n) is 2.82. The van der Waals surface area contributed by atoms with Crippen molar-refractivity contribution >= 4 is 17.7 Å². The van der Waals surface area contributed by atoms with Gasteiger partial charge in [-0.05, 0) is 18.9 Å². The molecule has 6 heteroatoms. The van der Waals surface area contributed by atoms with E-state index in [9.17, 15) is 20.0 Å². The molecule has 0 unspecified atom stereocenters. The molecule has 2 rings (SSSR count). The highest BCUT2D eigenvalue weighted by molar-refractivity contribution is 5.85. The monoisotopic (exact) mass is 278 g/mol. The van der Waals surface area contributed by atoms with Crippen molar-refractivity contribution < 1.29 is 14.8 Å². The van der Waals surface area contributed by atoms with Gasteiger partial charge in [0, 0.05) is 37.0 Å². The van der Waals surface area contributed by atoms with Gasteiger partial charge in [-0.15, -0.1) is 0 Å². The molecule has 1 fully saturated rings. The van der Waals surface area contributed by atoms with E-state index < -0.39 is 10.5 Å². The van der Waals surface area contributed by atoms with Crippen molar-refractivity contribution in [1.82, 2.24) is 0 Å². The molecule has 6 nitrogen and oxygen atoms in total. The number of hydrogen-bond acceptors (Lipinski definition) is 5. The second kappa shape index (κ2) is 5.58. The molecule has 1 aromatic rings. The van der Waals surface area contributed by atoms with Gasteiger partial charge in [0.05, 0.1) is 10.5 Å². The summed E-state index contributed by atoms with van der Waals surface area (Å²) < 4.78 is 0. The Kier molecular flexibility index (Phi) is 4.04. The first-order valence-corrected chi connectivity index (χ1v) is 6.62. The van der Waals surface area contributed by atoms with Gasteiger partial charge in [-0.2, -0.15) is 0 Å². The topological polar surface area (TPSA) is 83.7 Å². The largest absolute Gasteiger partial charge is 0.388 e. The molecule has 1 N–H and O–H groups in total. The van der Waals surface area contributed by atoms with Gasteiger partial charge in [0.15, 0.2) is 6.29 Å². The quantitative estimate of drug-likeness (QED) is 0.507. The average Bonchev–Trinajstić information content (AvgIpc) is 2.84. The number of nitro groups is 1. The van der Waals surface area contributed by atoms with Crippen LogP contribution < -0.4 is 4.90 Å². The number of anilines is 1. The summed E-state index contributed by atoms with van der Waals surface area (Å²) in [7, 11) is 1.78. The Morgan fingerprint density at radius 3 is 2.65 bits per heavy atom. The summed E-state index contributed by atoms with van der Waals surface area (Å²) in [6.07, 6.45) is 4.12. The molecule has 0 radical (unpaired) electrons. The van der Waals surface area contributed by atoms with Gasteiger partial charge in [0.1, 0.15) is 0 Å². The highest BCUT2D eigenvalue weighted by Crippen LogP contribution is 2.32. The summed E-state index contributed by atoms with van der Waals surface area (Å²) in [6.45, 7) is 0.422. The van der Waals surface area contributed by atoms with Crippen LogP contribution in [0.1, 0.15) is 36.0 Å². The highest BCUT2D eigenvalue weighted by atomic mass is 16.6. The van der Waals surface area contributed by atoms with Crippen LogP contribution in [0, 0.1) is 10.1 Å². The molecule has 108 valence electrons. The highest BCUT2D eigenvalue weighted by Gasteiger charge is 2.32. The van der Waals surface area contributed by atoms with Gasteiger partial charge >= 0.3 is 0 Å². The Morgan fingerprint density at radius 1 is 1.45 bits per heavy atom. The maximum Gasteiger partial charge on any atom is 0.270 e. The minimum Gasteiger partial charge on any atom is -0.388 e. The zero-order chi connectivity index (χ0) is 14.8. The number of rotatable bonds is 5. The van der Waals surface area contributed by atoms with E-state index >= 15 is 0 Å². The van der Waals surface area contributed by atoms with Crippen molar-refractivity contribution in [2.45, 2.75) is 31.3 Å². The van der Waals surface area contributed by atoms with E-state index in [1.165, 1.54) is 12.1 Å². The second-order valence-electron chi connectivity index (χ2n) is 5.41. The minimum atomic E-state index is -0.726. The molecule has 0 aliphatic heterocycles. The van der Waals surface area contributed by atoms with Crippen LogP contribution in [0.4, 0.5) is 11.4 Å². The van der Waals surface area contributed by atoms with Crippen molar-refractivity contribution in [3.05, 3.63) is 33.9 Å². The minimum absolute atomic E-state index is 0.108. The van der Waals surface area contributed by atoms with E-state index in [4.69, 9.17) is 0 Å². The number of aldehydes is 1. The van der Waals surface area contributed by atoms with Crippen LogP contribution in [0.2, 0.25) is 0 Å². The number of carbonyl (C=O) groups is 1. The lowest BCUT2D eigenvalue weighted by Crippen LogP contribution is -2.39. The fourth-order valence-corrected chi connectivity index (χ4v) is 2.82. The molecule has 0 aromatic heterocycles. The molecule has 0 saturated heterocycles. The predicted octanol–water partition coefficient (Wildman–Crippen LogP) is 2.15. The van der Waals surface area contributed by atoms with E-state index in [0.29, 0.717) is 18.5 Å². The number of likely N-dealkylation sites (N-methyl/N-ethyl adjacent to an activating group) is 1. The first-order valence-electron chi connectivity index (χ1n) is 6.62. The summed E-state index contributed by atoms with van der Waals surface area (Å²) in [5.41, 5.74) is 0.0366. The second-order valence-corrected chi connectivity index (χ2v) is 5.41. The maximum atomic E-state index is 11.1. The zero-order valence-electron chi connectivity index (χ0n) is 11.4. The van der Waals surface area contributed by atoms with E-state index in [0.717, 1.165) is 25.7 Å². The van der Waals surface area contributed by atoms with Crippen LogP contribution in [0.5, 0.6) is 0 Å². The number of hydrogen-bond donors (Lipinski definition) is 1. The van der Waals surface area contributed by atoms with Crippen LogP contribution in [0.3, 0.4) is 0 Å². The van der Waals surface area contributed by atoms with Crippen molar-refractivity contribution in [3.63, 3.8) is 0 Å². The van der Waals surface area contributed by atoms with Gasteiger partial charge in [-0.25, -0.2) is 0 Å². The molecule has 1 aromatic carbocycles. The first kappa shape index (κ1) is 14.5. The molecular formula is C14H18N2O4. The molecule has 0 atom stereocenters. The summed E-state index contributed by atoms with van der Waals surface area (Å²) >= 11 is 0. The number of aliphatic hydroxyl groups is 1. The summed E-state index contributed by atoms with van der Waals surface area (Å²) in [6, 6.07) is 4.19. The standard InChI is InChI=1S/C14H18N2O4/c1-15(10-14(18)6-2-3-7-14)13-5-4-12(16(19)20)8-11(13)9-17/h4-5,8-9,18H,2-3,6-7,10H2,1H3. The lowest BCUT2D eigenvalue weighted by molar-refractivity contribution is -0.384. The molecule has 0 heterocycles. The van der Waals surface area contributed by atoms with Crippen molar-refractivity contribution in [2.75, 3.05) is 18.5 Å². The molecule has 1 aliphatic carbocycles. The number of nitrogens with zero attached hydrogens (tertiary/aromatic N) is 2. The molecule has 1 saturated carbocycles.